The summed E-state index contributed by atoms with van der Waals surface area (Å²) < 4.78 is 1.94. The molecule has 0 aliphatic rings. The van der Waals surface area contributed by atoms with Crippen LogP contribution in [-0.4, -0.2) is 43.0 Å². The smallest absolute Gasteiger partial charge is 0.233 e. The predicted octanol–water partition coefficient (Wildman–Crippen LogP) is 4.78. The number of thioether (sulfide) groups is 1. The summed E-state index contributed by atoms with van der Waals surface area (Å²) in [5.41, 5.74) is 2.85. The van der Waals surface area contributed by atoms with Crippen LogP contribution < -0.4 is 0 Å². The molecule has 7 heteroatoms. The van der Waals surface area contributed by atoms with Gasteiger partial charge in [0.15, 0.2) is 11.0 Å². The summed E-state index contributed by atoms with van der Waals surface area (Å²) in [4.78, 5) is 14.8. The van der Waals surface area contributed by atoms with Crippen LogP contribution in [0.1, 0.15) is 12.5 Å². The minimum atomic E-state index is 0.0511. The molecule has 1 amide bonds. The van der Waals surface area contributed by atoms with Gasteiger partial charge in [0, 0.05) is 24.3 Å². The number of carbonyl (C=O) groups is 1. The maximum absolute atomic E-state index is 12.9. The zero-order valence-corrected chi connectivity index (χ0v) is 18.6. The zero-order valence-electron chi connectivity index (χ0n) is 17.8. The van der Waals surface area contributed by atoms with Crippen molar-refractivity contribution in [1.82, 2.24) is 19.7 Å². The Morgan fingerprint density at radius 2 is 1.59 bits per heavy atom. The molecule has 0 unspecified atom stereocenters. The van der Waals surface area contributed by atoms with E-state index < -0.39 is 0 Å². The Bertz CT molecular complexity index is 1160. The Kier molecular flexibility index (Phi) is 6.87. The summed E-state index contributed by atoms with van der Waals surface area (Å²) in [5.74, 6) is 1.16. The monoisotopic (exact) mass is 444 g/mol. The number of rotatable bonds is 8. The number of aromatic hydroxyl groups is 1. The van der Waals surface area contributed by atoms with Gasteiger partial charge in [-0.3, -0.25) is 9.36 Å². The van der Waals surface area contributed by atoms with Crippen molar-refractivity contribution in [3.63, 3.8) is 0 Å². The molecule has 0 saturated heterocycles. The fourth-order valence-electron chi connectivity index (χ4n) is 3.37. The summed E-state index contributed by atoms with van der Waals surface area (Å²) in [6, 6.07) is 26.7. The molecular weight excluding hydrogens is 420 g/mol. The quantitative estimate of drug-likeness (QED) is 0.396. The van der Waals surface area contributed by atoms with Gasteiger partial charge in [-0.25, -0.2) is 0 Å². The molecule has 3 aromatic carbocycles. The molecular formula is C25H24N4O2S. The van der Waals surface area contributed by atoms with Crippen LogP contribution in [0.15, 0.2) is 90.1 Å². The summed E-state index contributed by atoms with van der Waals surface area (Å²) in [7, 11) is 0. The molecule has 6 nitrogen and oxygen atoms in total. The minimum Gasteiger partial charge on any atom is -0.508 e. The number of phenolic OH excluding ortho intramolecular Hbond substituents is 1. The lowest BCUT2D eigenvalue weighted by molar-refractivity contribution is -0.128. The zero-order chi connectivity index (χ0) is 22.3. The van der Waals surface area contributed by atoms with Gasteiger partial charge in [0.2, 0.25) is 5.91 Å². The lowest BCUT2D eigenvalue weighted by Crippen LogP contribution is -2.31. The van der Waals surface area contributed by atoms with E-state index in [4.69, 9.17) is 0 Å². The second-order valence-electron chi connectivity index (χ2n) is 7.21. The first-order valence-electron chi connectivity index (χ1n) is 10.4. The molecule has 1 heterocycles. The highest BCUT2D eigenvalue weighted by Gasteiger charge is 2.19. The van der Waals surface area contributed by atoms with Crippen molar-refractivity contribution < 1.29 is 9.90 Å². The van der Waals surface area contributed by atoms with Gasteiger partial charge in [0.1, 0.15) is 5.75 Å². The van der Waals surface area contributed by atoms with Crippen molar-refractivity contribution in [1.29, 1.82) is 0 Å². The Morgan fingerprint density at radius 1 is 0.938 bits per heavy atom. The van der Waals surface area contributed by atoms with E-state index in [9.17, 15) is 9.90 Å². The van der Waals surface area contributed by atoms with Crippen molar-refractivity contribution in [3.05, 3.63) is 90.5 Å². The normalized spacial score (nSPS) is 10.8. The number of aromatic nitrogens is 3. The molecule has 0 spiro atoms. The van der Waals surface area contributed by atoms with Crippen molar-refractivity contribution in [2.75, 3.05) is 12.3 Å². The molecule has 4 rings (SSSR count). The van der Waals surface area contributed by atoms with Gasteiger partial charge in [-0.05, 0) is 48.9 Å². The van der Waals surface area contributed by atoms with Crippen LogP contribution in [0.25, 0.3) is 17.1 Å². The van der Waals surface area contributed by atoms with Crippen LogP contribution in [-0.2, 0) is 11.3 Å². The van der Waals surface area contributed by atoms with Gasteiger partial charge >= 0.3 is 0 Å². The van der Waals surface area contributed by atoms with Crippen LogP contribution in [0.3, 0.4) is 0 Å². The molecule has 4 aromatic rings. The first-order valence-corrected chi connectivity index (χ1v) is 11.4. The molecule has 0 bridgehead atoms. The van der Waals surface area contributed by atoms with E-state index in [0.717, 1.165) is 16.8 Å². The van der Waals surface area contributed by atoms with Gasteiger partial charge in [-0.15, -0.1) is 10.2 Å². The number of carbonyl (C=O) groups excluding carboxylic acids is 1. The average Bonchev–Trinajstić information content (AvgIpc) is 3.26. The maximum Gasteiger partial charge on any atom is 0.233 e. The molecule has 0 saturated carbocycles. The molecule has 32 heavy (non-hydrogen) atoms. The largest absolute Gasteiger partial charge is 0.508 e. The molecule has 162 valence electrons. The number of phenols is 1. The maximum atomic E-state index is 12.9. The third-order valence-electron chi connectivity index (χ3n) is 5.05. The number of hydrogen-bond donors (Lipinski definition) is 1. The van der Waals surface area contributed by atoms with E-state index >= 15 is 0 Å². The first-order chi connectivity index (χ1) is 15.7. The topological polar surface area (TPSA) is 71.2 Å². The van der Waals surface area contributed by atoms with Crippen LogP contribution in [0.4, 0.5) is 0 Å². The number of para-hydroxylation sites is 1. The first kappa shape index (κ1) is 21.6. The second-order valence-corrected chi connectivity index (χ2v) is 8.15. The second kappa shape index (κ2) is 10.2. The van der Waals surface area contributed by atoms with Gasteiger partial charge in [0.05, 0.1) is 5.75 Å². The van der Waals surface area contributed by atoms with E-state index in [0.29, 0.717) is 24.1 Å². The summed E-state index contributed by atoms with van der Waals surface area (Å²) in [5, 5.41) is 19.0. The van der Waals surface area contributed by atoms with Crippen LogP contribution in [0.2, 0.25) is 0 Å². The molecule has 0 aliphatic heterocycles. The molecule has 0 aliphatic carbocycles. The number of amides is 1. The van der Waals surface area contributed by atoms with Crippen molar-refractivity contribution in [3.8, 4) is 22.8 Å². The highest BCUT2D eigenvalue weighted by molar-refractivity contribution is 7.99. The Morgan fingerprint density at radius 3 is 2.25 bits per heavy atom. The van der Waals surface area contributed by atoms with Crippen molar-refractivity contribution in [2.24, 2.45) is 0 Å². The summed E-state index contributed by atoms with van der Waals surface area (Å²) in [6.07, 6.45) is 0. The highest BCUT2D eigenvalue weighted by atomic mass is 32.2. The third kappa shape index (κ3) is 5.00. The fourth-order valence-corrected chi connectivity index (χ4v) is 4.22. The van der Waals surface area contributed by atoms with E-state index in [1.165, 1.54) is 11.8 Å². The SMILES string of the molecule is CCN(Cc1ccccc1)C(=O)CSc1nnc(-c2ccc(O)cc2)n1-c1ccccc1. The predicted molar refractivity (Wildman–Crippen MR) is 127 cm³/mol. The lowest BCUT2D eigenvalue weighted by Gasteiger charge is -2.21. The van der Waals surface area contributed by atoms with Crippen LogP contribution in [0, 0.1) is 0 Å². The molecule has 1 N–H and O–H groups in total. The van der Waals surface area contributed by atoms with Crippen LogP contribution >= 0.6 is 11.8 Å². The molecule has 1 aromatic heterocycles. The number of benzene rings is 3. The van der Waals surface area contributed by atoms with E-state index in [1.807, 2.05) is 77.1 Å². The Balaban J connectivity index is 1.57. The Hall–Kier alpha value is -3.58. The van der Waals surface area contributed by atoms with Crippen molar-refractivity contribution in [2.45, 2.75) is 18.6 Å². The summed E-state index contributed by atoms with van der Waals surface area (Å²) >= 11 is 1.37. The van der Waals surface area contributed by atoms with Gasteiger partial charge < -0.3 is 10.0 Å². The number of hydrogen-bond acceptors (Lipinski definition) is 5. The van der Waals surface area contributed by atoms with Gasteiger partial charge in [-0.1, -0.05) is 60.3 Å². The van der Waals surface area contributed by atoms with Crippen molar-refractivity contribution >= 4 is 17.7 Å². The van der Waals surface area contributed by atoms with E-state index in [-0.39, 0.29) is 17.4 Å². The van der Waals surface area contributed by atoms with Gasteiger partial charge in [0.25, 0.3) is 0 Å². The molecule has 0 radical (unpaired) electrons. The van der Waals surface area contributed by atoms with Crippen LogP contribution in [0.5, 0.6) is 5.75 Å². The summed E-state index contributed by atoms with van der Waals surface area (Å²) in [6.45, 7) is 3.21. The average molecular weight is 445 g/mol. The highest BCUT2D eigenvalue weighted by Crippen LogP contribution is 2.29. The lowest BCUT2D eigenvalue weighted by atomic mass is 10.2. The fraction of sp³-hybridized carbons (Fsp3) is 0.160. The minimum absolute atomic E-state index is 0.0511. The van der Waals surface area contributed by atoms with Gasteiger partial charge in [-0.2, -0.15) is 0 Å². The van der Waals surface area contributed by atoms with E-state index in [2.05, 4.69) is 10.2 Å². The number of nitrogens with zero attached hydrogens (tertiary/aromatic N) is 4. The Labute approximate surface area is 191 Å². The standard InChI is InChI=1S/C25H24N4O2S/c1-2-28(17-19-9-5-3-6-10-19)23(31)18-32-25-27-26-24(20-13-15-22(30)16-14-20)29(25)21-11-7-4-8-12-21/h3-16,30H,2,17-18H2,1H3. The van der Waals surface area contributed by atoms with E-state index in [1.54, 1.807) is 24.3 Å². The third-order valence-corrected chi connectivity index (χ3v) is 5.96. The molecule has 0 atom stereocenters. The molecule has 0 fully saturated rings.